The molecule has 0 radical (unpaired) electrons. The molecule has 1 aromatic carbocycles. The first-order valence-corrected chi connectivity index (χ1v) is 9.83. The first-order valence-electron chi connectivity index (χ1n) is 9.83. The smallest absolute Gasteiger partial charge is 0.223 e. The number of phenols is 1. The van der Waals surface area contributed by atoms with Gasteiger partial charge in [0.2, 0.25) is 5.95 Å². The molecular weight excluding hydrogens is 373 g/mol. The summed E-state index contributed by atoms with van der Waals surface area (Å²) in [7, 11) is 0. The number of aromatic nitrogens is 3. The third kappa shape index (κ3) is 4.07. The molecule has 29 heavy (non-hydrogen) atoms. The molecule has 4 N–H and O–H groups in total. The highest BCUT2D eigenvalue weighted by Gasteiger charge is 2.22. The Kier molecular flexibility index (Phi) is 5.44. The third-order valence-electron chi connectivity index (χ3n) is 5.32. The molecule has 7 nitrogen and oxygen atoms in total. The number of nitrogens with two attached hydrogens (primary N) is 1. The average molecular weight is 397 g/mol. The number of nitrogens with zero attached hydrogens (tertiary/aromatic N) is 3. The maximum absolute atomic E-state index is 13.5. The Bertz CT molecular complexity index is 1020. The first-order chi connectivity index (χ1) is 14.0. The minimum absolute atomic E-state index is 0.279. The van der Waals surface area contributed by atoms with Crippen LogP contribution < -0.4 is 11.1 Å². The summed E-state index contributed by atoms with van der Waals surface area (Å²) < 4.78 is 19.2. The number of hydrogen-bond donors (Lipinski definition) is 3. The third-order valence-corrected chi connectivity index (χ3v) is 5.32. The van der Waals surface area contributed by atoms with Crippen molar-refractivity contribution in [3.63, 3.8) is 0 Å². The molecule has 0 unspecified atom stereocenters. The van der Waals surface area contributed by atoms with E-state index in [2.05, 4.69) is 20.3 Å². The molecule has 0 aliphatic heterocycles. The van der Waals surface area contributed by atoms with E-state index in [9.17, 15) is 9.50 Å². The van der Waals surface area contributed by atoms with Gasteiger partial charge in [0.15, 0.2) is 11.6 Å². The number of phenolic OH excluding ortho intramolecular Hbond substituents is 1. The van der Waals surface area contributed by atoms with E-state index in [-0.39, 0.29) is 6.04 Å². The normalized spacial score (nSPS) is 19.4. The van der Waals surface area contributed by atoms with Crippen molar-refractivity contribution >= 4 is 22.7 Å². The molecule has 0 saturated heterocycles. The zero-order chi connectivity index (χ0) is 20.4. The highest BCUT2D eigenvalue weighted by atomic mass is 19.1. The predicted octanol–water partition coefficient (Wildman–Crippen LogP) is 3.88. The van der Waals surface area contributed by atoms with Gasteiger partial charge in [-0.1, -0.05) is 6.07 Å². The maximum atomic E-state index is 13.5. The largest absolute Gasteiger partial charge is 0.505 e. The van der Waals surface area contributed by atoms with E-state index >= 15 is 0 Å². The molecule has 8 heteroatoms. The summed E-state index contributed by atoms with van der Waals surface area (Å²) in [4.78, 5) is 13.3. The number of nitrogen functional groups attached to an aromatic ring is 1. The average Bonchev–Trinajstić information content (AvgIpc) is 2.72. The van der Waals surface area contributed by atoms with Crippen LogP contribution in [0.5, 0.6) is 5.75 Å². The highest BCUT2D eigenvalue weighted by molar-refractivity contribution is 5.98. The Balaban J connectivity index is 1.63. The molecule has 0 bridgehead atoms. The van der Waals surface area contributed by atoms with Crippen LogP contribution in [-0.2, 0) is 4.74 Å². The molecule has 0 amide bonds. The lowest BCUT2D eigenvalue weighted by Crippen LogP contribution is -2.30. The molecule has 152 valence electrons. The molecule has 1 saturated carbocycles. The number of benzene rings is 1. The number of nitrogens with one attached hydrogen (secondary N) is 1. The second kappa shape index (κ2) is 8.16. The number of pyridine rings is 1. The van der Waals surface area contributed by atoms with Crippen molar-refractivity contribution < 1.29 is 14.2 Å². The summed E-state index contributed by atoms with van der Waals surface area (Å²) in [5.74, 6) is -0.276. The predicted molar refractivity (Wildman–Crippen MR) is 110 cm³/mol. The second-order valence-corrected chi connectivity index (χ2v) is 7.25. The summed E-state index contributed by atoms with van der Waals surface area (Å²) in [6.07, 6.45) is 7.55. The number of ether oxygens (including phenoxy) is 1. The van der Waals surface area contributed by atoms with Crippen molar-refractivity contribution in [1.29, 1.82) is 0 Å². The highest BCUT2D eigenvalue weighted by Crippen LogP contribution is 2.32. The van der Waals surface area contributed by atoms with E-state index in [1.54, 1.807) is 18.5 Å². The Labute approximate surface area is 168 Å². The summed E-state index contributed by atoms with van der Waals surface area (Å²) in [6.45, 7) is 2.76. The SMILES string of the molecule is CCOC1CCC(Nc2ncc3c(N)ncc(-c4ccc(F)c(O)c4)c3n2)CC1. The summed E-state index contributed by atoms with van der Waals surface area (Å²) in [5.41, 5.74) is 7.85. The second-order valence-electron chi connectivity index (χ2n) is 7.25. The fourth-order valence-corrected chi connectivity index (χ4v) is 3.79. The van der Waals surface area contributed by atoms with Gasteiger partial charge in [-0.25, -0.2) is 19.3 Å². The van der Waals surface area contributed by atoms with Gasteiger partial charge in [0.05, 0.1) is 17.0 Å². The van der Waals surface area contributed by atoms with E-state index in [1.807, 2.05) is 6.92 Å². The summed E-state index contributed by atoms with van der Waals surface area (Å²) in [5, 5.41) is 13.8. The molecule has 4 rings (SSSR count). The van der Waals surface area contributed by atoms with Crippen LogP contribution in [0.3, 0.4) is 0 Å². The quantitative estimate of drug-likeness (QED) is 0.600. The molecule has 0 spiro atoms. The van der Waals surface area contributed by atoms with Crippen LogP contribution in [0.25, 0.3) is 22.0 Å². The van der Waals surface area contributed by atoms with Gasteiger partial charge in [-0.2, -0.15) is 0 Å². The molecular formula is C21H24FN5O2. The number of hydrogen-bond acceptors (Lipinski definition) is 7. The summed E-state index contributed by atoms with van der Waals surface area (Å²) in [6, 6.07) is 4.42. The number of rotatable bonds is 5. The lowest BCUT2D eigenvalue weighted by Gasteiger charge is -2.28. The van der Waals surface area contributed by atoms with Crippen LogP contribution in [-0.4, -0.2) is 38.8 Å². The van der Waals surface area contributed by atoms with Gasteiger partial charge in [0.1, 0.15) is 5.82 Å². The van der Waals surface area contributed by atoms with Gasteiger partial charge in [-0.15, -0.1) is 0 Å². The van der Waals surface area contributed by atoms with Gasteiger partial charge in [-0.05, 0) is 50.3 Å². The minimum atomic E-state index is -0.680. The van der Waals surface area contributed by atoms with Gasteiger partial charge in [0.25, 0.3) is 0 Å². The molecule has 1 aliphatic carbocycles. The topological polar surface area (TPSA) is 106 Å². The molecule has 0 atom stereocenters. The van der Waals surface area contributed by atoms with Crippen LogP contribution >= 0.6 is 0 Å². The Hall–Kier alpha value is -3.00. The lowest BCUT2D eigenvalue weighted by molar-refractivity contribution is 0.0346. The standard InChI is InChI=1S/C21H24FN5O2/c1-2-29-14-6-4-13(5-7-14)26-21-25-11-16-19(27-21)15(10-24-20(16)23)12-3-8-17(22)18(28)9-12/h3,8-11,13-14,28H,2,4-7H2,1H3,(H2,23,24)(H,25,26,27). The van der Waals surface area contributed by atoms with E-state index in [0.29, 0.717) is 39.9 Å². The van der Waals surface area contributed by atoms with Gasteiger partial charge in [-0.3, -0.25) is 0 Å². The number of aromatic hydroxyl groups is 1. The number of anilines is 2. The Morgan fingerprint density at radius 1 is 1.21 bits per heavy atom. The fourth-order valence-electron chi connectivity index (χ4n) is 3.79. The maximum Gasteiger partial charge on any atom is 0.223 e. The van der Waals surface area contributed by atoms with Crippen LogP contribution in [0, 0.1) is 5.82 Å². The van der Waals surface area contributed by atoms with Crippen molar-refractivity contribution in [2.75, 3.05) is 17.7 Å². The van der Waals surface area contributed by atoms with Crippen molar-refractivity contribution in [3.05, 3.63) is 36.4 Å². The Morgan fingerprint density at radius 2 is 2.00 bits per heavy atom. The number of fused-ring (bicyclic) bond motifs is 1. The molecule has 1 aliphatic rings. The van der Waals surface area contributed by atoms with Crippen molar-refractivity contribution in [2.24, 2.45) is 0 Å². The van der Waals surface area contributed by atoms with Crippen molar-refractivity contribution in [1.82, 2.24) is 15.0 Å². The van der Waals surface area contributed by atoms with Gasteiger partial charge >= 0.3 is 0 Å². The first kappa shape index (κ1) is 19.3. The Morgan fingerprint density at radius 3 is 2.72 bits per heavy atom. The minimum Gasteiger partial charge on any atom is -0.505 e. The molecule has 1 fully saturated rings. The molecule has 2 aromatic heterocycles. The fraction of sp³-hybridized carbons (Fsp3) is 0.381. The van der Waals surface area contributed by atoms with Crippen molar-refractivity contribution in [2.45, 2.75) is 44.8 Å². The molecule has 2 heterocycles. The van der Waals surface area contributed by atoms with Crippen LogP contribution in [0.4, 0.5) is 16.2 Å². The summed E-state index contributed by atoms with van der Waals surface area (Å²) >= 11 is 0. The van der Waals surface area contributed by atoms with E-state index in [1.165, 1.54) is 12.1 Å². The zero-order valence-corrected chi connectivity index (χ0v) is 16.2. The van der Waals surface area contributed by atoms with E-state index in [0.717, 1.165) is 32.3 Å². The van der Waals surface area contributed by atoms with E-state index < -0.39 is 11.6 Å². The molecule has 3 aromatic rings. The lowest BCUT2D eigenvalue weighted by atomic mass is 9.93. The van der Waals surface area contributed by atoms with Crippen LogP contribution in [0.1, 0.15) is 32.6 Å². The van der Waals surface area contributed by atoms with Crippen molar-refractivity contribution in [3.8, 4) is 16.9 Å². The van der Waals surface area contributed by atoms with Crippen LogP contribution in [0.2, 0.25) is 0 Å². The van der Waals surface area contributed by atoms with E-state index in [4.69, 9.17) is 10.5 Å². The zero-order valence-electron chi connectivity index (χ0n) is 16.2. The van der Waals surface area contributed by atoms with Gasteiger partial charge in [0, 0.05) is 30.6 Å². The monoisotopic (exact) mass is 397 g/mol. The number of halogens is 1. The van der Waals surface area contributed by atoms with Crippen LogP contribution in [0.15, 0.2) is 30.6 Å². The van der Waals surface area contributed by atoms with Gasteiger partial charge < -0.3 is 20.9 Å².